The van der Waals surface area contributed by atoms with Crippen molar-refractivity contribution in [3.8, 4) is 67.4 Å². The van der Waals surface area contributed by atoms with Gasteiger partial charge in [-0.25, -0.2) is 9.97 Å². The van der Waals surface area contributed by atoms with Crippen molar-refractivity contribution in [2.24, 2.45) is 0 Å². The number of thiophene rings is 1. The van der Waals surface area contributed by atoms with Crippen LogP contribution in [-0.2, 0) is 5.41 Å². The number of nitrogens with zero attached hydrogens (tertiary/aromatic N) is 4. The summed E-state index contributed by atoms with van der Waals surface area (Å²) < 4.78 is 15.0. The minimum absolute atomic E-state index is 0.475. The Morgan fingerprint density at radius 2 is 0.690 bits per heavy atom. The number of hydrogen-bond acceptors (Lipinski definition) is 7. The van der Waals surface area contributed by atoms with Crippen molar-refractivity contribution in [3.63, 3.8) is 0 Å². The molecule has 21 rings (SSSR count). The molecule has 3 heterocycles. The van der Waals surface area contributed by atoms with Crippen molar-refractivity contribution in [2.75, 3.05) is 9.80 Å². The molecule has 0 N–H and O–H groups in total. The Hall–Kier alpha value is -12.9. The zero-order valence-corrected chi connectivity index (χ0v) is 54.7. The molecule has 1 spiro atoms. The van der Waals surface area contributed by atoms with Gasteiger partial charge in [-0.2, -0.15) is 0 Å². The summed E-state index contributed by atoms with van der Waals surface area (Å²) in [5, 5.41) is 12.1. The van der Waals surface area contributed by atoms with Crippen LogP contribution in [0.25, 0.3) is 143 Å². The van der Waals surface area contributed by atoms with E-state index in [0.717, 1.165) is 133 Å². The fourth-order valence-corrected chi connectivity index (χ4v) is 17.2. The minimum Gasteiger partial charge on any atom is -0.435 e. The van der Waals surface area contributed by atoms with Gasteiger partial charge in [-0.05, 0) is 237 Å². The Morgan fingerprint density at radius 1 is 0.270 bits per heavy atom. The molecule has 0 fully saturated rings. The molecule has 0 aliphatic heterocycles. The summed E-state index contributed by atoms with van der Waals surface area (Å²) in [6.07, 6.45) is 0. The van der Waals surface area contributed by atoms with E-state index in [2.05, 4.69) is 318 Å². The number of fused-ring (bicyclic) bond motifs is 21. The normalized spacial score (nSPS) is 12.7. The largest absolute Gasteiger partial charge is 0.435 e. The standard InChI is InChI=1S/C93H56N4O2S/c1-3-15-62(16-4-1)91-94-84-46-37-60-31-29-59-36-42-72(55-79(59)87(60)89(84)98-91)97(70-44-48-86-66(53-70)49-50-100-86)69-39-33-57(34-40-69)63-17-13-18-64(51-63)65-19-14-20-67(52-65)92-95-85-47-38-61-32-30-58-35-41-71(54-78(58)88(61)90(85)99-92)96(68-21-5-2-6-22-68)73-43-45-77-76-25-9-12-28-82(76)93(83(77)56-73)80-26-10-7-23-74(80)75-24-8-11-27-81(75)93/h1-56H. The van der Waals surface area contributed by atoms with E-state index in [1.807, 2.05) is 30.3 Å². The Labute approximate surface area is 579 Å². The molecular weight excluding hydrogens is 1240 g/mol. The van der Waals surface area contributed by atoms with Crippen molar-refractivity contribution in [3.05, 3.63) is 361 Å². The molecule has 6 nitrogen and oxygen atoms in total. The molecule has 0 bridgehead atoms. The molecule has 0 saturated carbocycles. The summed E-state index contributed by atoms with van der Waals surface area (Å²) in [6, 6.07) is 121. The number of anilines is 6. The fraction of sp³-hybridized carbons (Fsp3) is 0.0108. The maximum Gasteiger partial charge on any atom is 0.227 e. The molecule has 7 heteroatoms. The summed E-state index contributed by atoms with van der Waals surface area (Å²) in [7, 11) is 0. The number of benzene rings is 16. The Kier molecular flexibility index (Phi) is 12.4. The zero-order valence-electron chi connectivity index (χ0n) is 53.8. The Balaban J connectivity index is 0.625. The van der Waals surface area contributed by atoms with E-state index in [1.54, 1.807) is 11.3 Å². The second-order valence-corrected chi connectivity index (χ2v) is 27.3. The second-order valence-electron chi connectivity index (χ2n) is 26.3. The number of hydrogen-bond donors (Lipinski definition) is 0. The van der Waals surface area contributed by atoms with Gasteiger partial charge >= 0.3 is 0 Å². The molecule has 0 saturated heterocycles. The van der Waals surface area contributed by atoms with Gasteiger partial charge < -0.3 is 18.6 Å². The van der Waals surface area contributed by atoms with Crippen molar-refractivity contribution >= 4 is 121 Å². The minimum atomic E-state index is -0.475. The summed E-state index contributed by atoms with van der Waals surface area (Å²) in [5.74, 6) is 1.19. The predicted octanol–water partition coefficient (Wildman–Crippen LogP) is 25.7. The van der Waals surface area contributed by atoms with Crippen molar-refractivity contribution in [1.82, 2.24) is 9.97 Å². The van der Waals surface area contributed by atoms with E-state index >= 15 is 0 Å². The summed E-state index contributed by atoms with van der Waals surface area (Å²) in [4.78, 5) is 15.0. The van der Waals surface area contributed by atoms with Crippen LogP contribution < -0.4 is 9.80 Å². The maximum atomic E-state index is 7.07. The van der Waals surface area contributed by atoms with E-state index in [4.69, 9.17) is 18.8 Å². The van der Waals surface area contributed by atoms with Crippen LogP contribution in [0, 0.1) is 0 Å². The number of oxazole rings is 2. The van der Waals surface area contributed by atoms with Gasteiger partial charge in [0, 0.05) is 60.7 Å². The molecule has 2 aliphatic rings. The van der Waals surface area contributed by atoms with E-state index in [1.165, 1.54) is 54.6 Å². The first-order valence-corrected chi connectivity index (χ1v) is 34.9. The zero-order chi connectivity index (χ0) is 65.6. The average Bonchev–Trinajstić information content (AvgIpc) is 1.51. The molecule has 19 aromatic rings. The second kappa shape index (κ2) is 22.0. The third-order valence-electron chi connectivity index (χ3n) is 20.9. The van der Waals surface area contributed by atoms with Gasteiger partial charge in [0.2, 0.25) is 11.8 Å². The number of para-hydroxylation sites is 1. The van der Waals surface area contributed by atoms with Crippen LogP contribution in [0.4, 0.5) is 34.1 Å². The number of aromatic nitrogens is 2. The SMILES string of the molecule is c1ccc(-c2nc3ccc4ccc5ccc(N(c6ccc(-c7cccc(-c8cccc(-c9nc%10ccc%11ccc%12ccc(N(c%13ccccc%13)c%13ccc%14c(c%13)C%13(c%15ccccc%15-c%15ccccc%15%13)c%13ccccc%13-%14)cc%12c%11c%10o9)c8)c7)cc6)c6ccc7sccc7c6)cc5c4c3o2)cc1. The third kappa shape index (κ3) is 8.62. The molecule has 0 radical (unpaired) electrons. The molecule has 0 unspecified atom stereocenters. The highest BCUT2D eigenvalue weighted by Crippen LogP contribution is 2.63. The lowest BCUT2D eigenvalue weighted by Gasteiger charge is -2.32. The van der Waals surface area contributed by atoms with Crippen LogP contribution in [0.1, 0.15) is 22.3 Å². The van der Waals surface area contributed by atoms with Gasteiger partial charge in [-0.3, -0.25) is 0 Å². The summed E-state index contributed by atoms with van der Waals surface area (Å²) in [6.45, 7) is 0. The predicted molar refractivity (Wildman–Crippen MR) is 414 cm³/mol. The van der Waals surface area contributed by atoms with Crippen LogP contribution in [0.3, 0.4) is 0 Å². The molecule has 100 heavy (non-hydrogen) atoms. The lowest BCUT2D eigenvalue weighted by Crippen LogP contribution is -2.26. The molecule has 16 aromatic carbocycles. The van der Waals surface area contributed by atoms with E-state index < -0.39 is 5.41 Å². The first-order chi connectivity index (χ1) is 49.5. The van der Waals surface area contributed by atoms with Gasteiger partial charge in [-0.1, -0.05) is 206 Å². The van der Waals surface area contributed by atoms with Gasteiger partial charge in [0.25, 0.3) is 0 Å². The Morgan fingerprint density at radius 3 is 1.29 bits per heavy atom. The topological polar surface area (TPSA) is 58.5 Å². The molecule has 0 amide bonds. The van der Waals surface area contributed by atoms with Crippen LogP contribution in [-0.4, -0.2) is 9.97 Å². The van der Waals surface area contributed by atoms with E-state index in [9.17, 15) is 0 Å². The Bertz CT molecular complexity index is 6500. The lowest BCUT2D eigenvalue weighted by molar-refractivity contribution is 0.623. The number of rotatable bonds is 10. The third-order valence-corrected chi connectivity index (χ3v) is 21.8. The van der Waals surface area contributed by atoms with Crippen molar-refractivity contribution < 1.29 is 8.83 Å². The highest BCUT2D eigenvalue weighted by molar-refractivity contribution is 7.17. The average molecular weight is 1290 g/mol. The first kappa shape index (κ1) is 56.3. The van der Waals surface area contributed by atoms with Gasteiger partial charge in [0.15, 0.2) is 11.2 Å². The molecule has 0 atom stereocenters. The van der Waals surface area contributed by atoms with E-state index in [0.29, 0.717) is 11.8 Å². The highest BCUT2D eigenvalue weighted by Gasteiger charge is 2.51. The fourth-order valence-electron chi connectivity index (χ4n) is 16.4. The molecule has 466 valence electrons. The summed E-state index contributed by atoms with van der Waals surface area (Å²) >= 11 is 1.76. The smallest absolute Gasteiger partial charge is 0.227 e. The van der Waals surface area contributed by atoms with Gasteiger partial charge in [0.1, 0.15) is 11.0 Å². The van der Waals surface area contributed by atoms with Crippen LogP contribution in [0.15, 0.2) is 348 Å². The van der Waals surface area contributed by atoms with Gasteiger partial charge in [-0.15, -0.1) is 11.3 Å². The molecule has 2 aliphatic carbocycles. The van der Waals surface area contributed by atoms with Crippen LogP contribution in [0.5, 0.6) is 0 Å². The van der Waals surface area contributed by atoms with Gasteiger partial charge in [0.05, 0.1) is 5.41 Å². The molecule has 3 aromatic heterocycles. The molecular formula is C93H56N4O2S. The first-order valence-electron chi connectivity index (χ1n) is 34.0. The monoisotopic (exact) mass is 1290 g/mol. The summed E-state index contributed by atoms with van der Waals surface area (Å²) in [5.41, 5.74) is 25.7. The lowest BCUT2D eigenvalue weighted by atomic mass is 9.70. The van der Waals surface area contributed by atoms with Crippen molar-refractivity contribution in [2.45, 2.75) is 5.41 Å². The van der Waals surface area contributed by atoms with Crippen LogP contribution >= 0.6 is 11.3 Å². The van der Waals surface area contributed by atoms with Crippen LogP contribution in [0.2, 0.25) is 0 Å². The van der Waals surface area contributed by atoms with E-state index in [-0.39, 0.29) is 0 Å². The van der Waals surface area contributed by atoms with Crippen molar-refractivity contribution in [1.29, 1.82) is 0 Å². The highest BCUT2D eigenvalue weighted by atomic mass is 32.1. The maximum absolute atomic E-state index is 7.07. The quantitative estimate of drug-likeness (QED) is 0.127.